The van der Waals surface area contributed by atoms with Gasteiger partial charge < -0.3 is 26.0 Å². The molecule has 1 aromatic rings. The Labute approximate surface area is 208 Å². The number of ether oxygens (including phenoxy) is 1. The first-order valence-corrected chi connectivity index (χ1v) is 11.4. The summed E-state index contributed by atoms with van der Waals surface area (Å²) >= 11 is 0. The molecule has 0 aliphatic heterocycles. The molecule has 2 atom stereocenters. The van der Waals surface area contributed by atoms with E-state index in [0.717, 1.165) is 0 Å². The highest BCUT2D eigenvalue weighted by Crippen LogP contribution is 2.26. The van der Waals surface area contributed by atoms with Gasteiger partial charge in [-0.2, -0.15) is 0 Å². The number of nitrogens with zero attached hydrogens (tertiary/aromatic N) is 1. The maximum atomic E-state index is 13.8. The molecule has 0 aliphatic rings. The number of carbonyl (C=O) groups excluding carboxylic acids is 4. The number of terminal acetylenes is 1. The third-order valence-electron chi connectivity index (χ3n) is 4.62. The monoisotopic (exact) mass is 486 g/mol. The van der Waals surface area contributed by atoms with Gasteiger partial charge in [-0.05, 0) is 73.1 Å². The van der Waals surface area contributed by atoms with E-state index in [1.807, 2.05) is 20.8 Å². The van der Waals surface area contributed by atoms with Crippen LogP contribution in [0.25, 0.3) is 0 Å². The molecule has 9 heteroatoms. The molecular weight excluding hydrogens is 448 g/mol. The van der Waals surface area contributed by atoms with Crippen LogP contribution in [-0.4, -0.2) is 51.9 Å². The SMILES string of the molecule is C#Cc1ccc(C(C(=O)NC(C)(C)C)N(C(=O)C(CC(N)=O)NC(=O)OC(C)(C)C)C(C)C)cc1. The summed E-state index contributed by atoms with van der Waals surface area (Å²) in [4.78, 5) is 52.8. The van der Waals surface area contributed by atoms with Gasteiger partial charge in [-0.25, -0.2) is 4.79 Å². The van der Waals surface area contributed by atoms with E-state index >= 15 is 0 Å². The fourth-order valence-corrected chi connectivity index (χ4v) is 3.35. The van der Waals surface area contributed by atoms with E-state index in [1.165, 1.54) is 4.90 Å². The van der Waals surface area contributed by atoms with Crippen molar-refractivity contribution in [3.63, 3.8) is 0 Å². The highest BCUT2D eigenvalue weighted by molar-refractivity contribution is 5.94. The van der Waals surface area contributed by atoms with Crippen LogP contribution in [0.1, 0.15) is 79.0 Å². The van der Waals surface area contributed by atoms with Crippen molar-refractivity contribution in [3.8, 4) is 12.3 Å². The summed E-state index contributed by atoms with van der Waals surface area (Å²) in [5, 5.41) is 5.35. The average Bonchev–Trinajstić information content (AvgIpc) is 2.67. The van der Waals surface area contributed by atoms with Crippen LogP contribution in [0.15, 0.2) is 24.3 Å². The minimum atomic E-state index is -1.33. The number of benzene rings is 1. The number of hydrogen-bond acceptors (Lipinski definition) is 5. The topological polar surface area (TPSA) is 131 Å². The minimum Gasteiger partial charge on any atom is -0.444 e. The maximum Gasteiger partial charge on any atom is 0.408 e. The molecule has 2 unspecified atom stereocenters. The molecule has 0 bridgehead atoms. The Kier molecular flexibility index (Phi) is 9.89. The number of nitrogens with one attached hydrogen (secondary N) is 2. The molecule has 9 nitrogen and oxygen atoms in total. The Hall–Kier alpha value is -3.54. The van der Waals surface area contributed by atoms with Crippen LogP contribution in [0, 0.1) is 12.3 Å². The second-order valence-corrected chi connectivity index (χ2v) is 10.6. The van der Waals surface area contributed by atoms with Gasteiger partial charge in [-0.15, -0.1) is 6.42 Å². The number of rotatable bonds is 8. The van der Waals surface area contributed by atoms with Gasteiger partial charge in [-0.3, -0.25) is 14.4 Å². The highest BCUT2D eigenvalue weighted by atomic mass is 16.6. The molecule has 1 rings (SSSR count). The van der Waals surface area contributed by atoms with Crippen LogP contribution >= 0.6 is 0 Å². The van der Waals surface area contributed by atoms with Gasteiger partial charge >= 0.3 is 6.09 Å². The molecule has 0 saturated heterocycles. The molecule has 0 fully saturated rings. The fraction of sp³-hybridized carbons (Fsp3) is 0.538. The molecule has 35 heavy (non-hydrogen) atoms. The molecule has 0 saturated carbocycles. The minimum absolute atomic E-state index is 0.428. The summed E-state index contributed by atoms with van der Waals surface area (Å²) in [6.07, 6.45) is 4.11. The summed E-state index contributed by atoms with van der Waals surface area (Å²) in [6, 6.07) is 3.82. The number of hydrogen-bond donors (Lipinski definition) is 3. The van der Waals surface area contributed by atoms with E-state index in [1.54, 1.807) is 58.9 Å². The first kappa shape index (κ1) is 29.5. The van der Waals surface area contributed by atoms with Crippen LogP contribution < -0.4 is 16.4 Å². The molecule has 0 radical (unpaired) electrons. The van der Waals surface area contributed by atoms with Gasteiger partial charge in [0.25, 0.3) is 0 Å². The van der Waals surface area contributed by atoms with Gasteiger partial charge in [0.05, 0.1) is 6.42 Å². The summed E-state index contributed by atoms with van der Waals surface area (Å²) < 4.78 is 5.25. The lowest BCUT2D eigenvalue weighted by Gasteiger charge is -2.38. The van der Waals surface area contributed by atoms with E-state index in [-0.39, 0.29) is 0 Å². The Bertz CT molecular complexity index is 965. The summed E-state index contributed by atoms with van der Waals surface area (Å²) in [5.74, 6) is 0.646. The summed E-state index contributed by atoms with van der Waals surface area (Å²) in [6.45, 7) is 14.0. The van der Waals surface area contributed by atoms with Crippen molar-refractivity contribution in [2.75, 3.05) is 0 Å². The highest BCUT2D eigenvalue weighted by Gasteiger charge is 2.39. The number of amides is 4. The number of carbonyl (C=O) groups is 4. The summed E-state index contributed by atoms with van der Waals surface area (Å²) in [7, 11) is 0. The van der Waals surface area contributed by atoms with Gasteiger partial charge in [0.2, 0.25) is 17.7 Å². The van der Waals surface area contributed by atoms with Crippen LogP contribution in [0.3, 0.4) is 0 Å². The summed E-state index contributed by atoms with van der Waals surface area (Å²) in [5.41, 5.74) is 5.10. The van der Waals surface area contributed by atoms with Crippen molar-refractivity contribution in [2.45, 2.75) is 91.1 Å². The zero-order valence-corrected chi connectivity index (χ0v) is 21.9. The van der Waals surface area contributed by atoms with Crippen LogP contribution in [0.5, 0.6) is 0 Å². The number of nitrogens with two attached hydrogens (primary N) is 1. The Morgan fingerprint density at radius 1 is 1.06 bits per heavy atom. The number of primary amides is 1. The molecule has 0 heterocycles. The predicted octanol–water partition coefficient (Wildman–Crippen LogP) is 2.63. The lowest BCUT2D eigenvalue weighted by molar-refractivity contribution is -0.146. The van der Waals surface area contributed by atoms with E-state index in [2.05, 4.69) is 16.6 Å². The van der Waals surface area contributed by atoms with Crippen molar-refractivity contribution < 1.29 is 23.9 Å². The lowest BCUT2D eigenvalue weighted by Crippen LogP contribution is -2.57. The van der Waals surface area contributed by atoms with Crippen molar-refractivity contribution in [1.82, 2.24) is 15.5 Å². The molecule has 0 spiro atoms. The Morgan fingerprint density at radius 2 is 1.60 bits per heavy atom. The third kappa shape index (κ3) is 9.69. The Morgan fingerprint density at radius 3 is 2.00 bits per heavy atom. The van der Waals surface area contributed by atoms with E-state index in [4.69, 9.17) is 16.9 Å². The Balaban J connectivity index is 3.52. The second kappa shape index (κ2) is 11.7. The molecule has 4 amide bonds. The zero-order chi connectivity index (χ0) is 27.1. The van der Waals surface area contributed by atoms with Crippen LogP contribution in [-0.2, 0) is 19.1 Å². The first-order chi connectivity index (χ1) is 15.9. The standard InChI is InChI=1S/C26H38N4O5/c1-10-17-11-13-18(14-12-17)21(22(32)29-25(4,5)6)30(16(2)3)23(33)19(15-20(27)31)28-24(34)35-26(7,8)9/h1,11-14,16,19,21H,15H2,2-9H3,(H2,27,31)(H,28,34)(H,29,32). The van der Waals surface area contributed by atoms with Gasteiger partial charge in [-0.1, -0.05) is 18.1 Å². The first-order valence-electron chi connectivity index (χ1n) is 11.4. The van der Waals surface area contributed by atoms with Crippen LogP contribution in [0.2, 0.25) is 0 Å². The molecule has 0 aliphatic carbocycles. The van der Waals surface area contributed by atoms with Gasteiger partial charge in [0, 0.05) is 17.1 Å². The quantitative estimate of drug-likeness (QED) is 0.486. The molecule has 0 aromatic heterocycles. The van der Waals surface area contributed by atoms with E-state index in [0.29, 0.717) is 11.1 Å². The van der Waals surface area contributed by atoms with Crippen molar-refractivity contribution in [3.05, 3.63) is 35.4 Å². The van der Waals surface area contributed by atoms with E-state index in [9.17, 15) is 19.2 Å². The van der Waals surface area contributed by atoms with E-state index < -0.39 is 59.5 Å². The van der Waals surface area contributed by atoms with Crippen LogP contribution in [0.4, 0.5) is 4.79 Å². The third-order valence-corrected chi connectivity index (χ3v) is 4.62. The maximum absolute atomic E-state index is 13.8. The van der Waals surface area contributed by atoms with Gasteiger partial charge in [0.1, 0.15) is 17.7 Å². The van der Waals surface area contributed by atoms with Crippen molar-refractivity contribution in [2.24, 2.45) is 5.73 Å². The second-order valence-electron chi connectivity index (χ2n) is 10.6. The van der Waals surface area contributed by atoms with Crippen molar-refractivity contribution in [1.29, 1.82) is 0 Å². The fourth-order valence-electron chi connectivity index (χ4n) is 3.35. The molecule has 1 aromatic carbocycles. The average molecular weight is 487 g/mol. The van der Waals surface area contributed by atoms with Gasteiger partial charge in [0.15, 0.2) is 0 Å². The zero-order valence-electron chi connectivity index (χ0n) is 21.9. The predicted molar refractivity (Wildman–Crippen MR) is 134 cm³/mol. The molecule has 192 valence electrons. The largest absolute Gasteiger partial charge is 0.444 e. The molecule has 4 N–H and O–H groups in total. The lowest BCUT2D eigenvalue weighted by atomic mass is 9.98. The molecular formula is C26H38N4O5. The smallest absolute Gasteiger partial charge is 0.408 e. The van der Waals surface area contributed by atoms with Crippen molar-refractivity contribution >= 4 is 23.8 Å². The normalized spacial score (nSPS) is 13.3. The number of alkyl carbamates (subject to hydrolysis) is 1.